The van der Waals surface area contributed by atoms with Crippen molar-refractivity contribution in [3.05, 3.63) is 34.6 Å². The molecule has 0 spiro atoms. The maximum atomic E-state index is 13.1. The zero-order chi connectivity index (χ0) is 18.0. The van der Waals surface area contributed by atoms with E-state index in [-0.39, 0.29) is 43.2 Å². The van der Waals surface area contributed by atoms with Gasteiger partial charge < -0.3 is 5.32 Å². The summed E-state index contributed by atoms with van der Waals surface area (Å²) in [6.45, 7) is 0.403. The Kier molecular flexibility index (Phi) is 5.62. The van der Waals surface area contributed by atoms with E-state index in [1.165, 1.54) is 20.7 Å². The molecular formula is C16H21ClFN3O3S. The van der Waals surface area contributed by atoms with E-state index in [9.17, 15) is 17.6 Å². The topological polar surface area (TPSA) is 69.7 Å². The third-order valence-electron chi connectivity index (χ3n) is 4.65. The van der Waals surface area contributed by atoms with Crippen molar-refractivity contribution in [2.75, 3.05) is 19.6 Å². The lowest BCUT2D eigenvalue weighted by Gasteiger charge is -2.20. The third kappa shape index (κ3) is 4.31. The molecule has 1 aromatic rings. The first-order chi connectivity index (χ1) is 11.9. The molecular weight excluding hydrogens is 369 g/mol. The Morgan fingerprint density at radius 2 is 1.92 bits per heavy atom. The highest BCUT2D eigenvalue weighted by atomic mass is 35.5. The molecule has 1 saturated carbocycles. The van der Waals surface area contributed by atoms with E-state index >= 15 is 0 Å². The van der Waals surface area contributed by atoms with Crippen LogP contribution >= 0.6 is 11.6 Å². The maximum absolute atomic E-state index is 13.1. The number of rotatable bonds is 5. The van der Waals surface area contributed by atoms with Gasteiger partial charge in [-0.05, 0) is 30.5 Å². The van der Waals surface area contributed by atoms with Crippen LogP contribution in [0.15, 0.2) is 18.2 Å². The fraction of sp³-hybridized carbons (Fsp3) is 0.562. The summed E-state index contributed by atoms with van der Waals surface area (Å²) < 4.78 is 40.8. The largest absolute Gasteiger partial charge is 0.352 e. The fourth-order valence-electron chi connectivity index (χ4n) is 3.28. The molecule has 1 aromatic carbocycles. The number of benzene rings is 1. The van der Waals surface area contributed by atoms with Crippen LogP contribution in [0.5, 0.6) is 0 Å². The monoisotopic (exact) mass is 389 g/mol. The highest BCUT2D eigenvalue weighted by Crippen LogP contribution is 2.24. The standard InChI is InChI=1S/C16H21ClFN3O3S/c17-15-9-13(18)6-5-12(15)10-20-7-8-21(25(20,23)24)11-16(22)19-14-3-1-2-4-14/h5-6,9,14H,1-4,7-8,10-11H2,(H,19,22). The Hall–Kier alpha value is -1.22. The summed E-state index contributed by atoms with van der Waals surface area (Å²) >= 11 is 5.98. The lowest BCUT2D eigenvalue weighted by Crippen LogP contribution is -2.43. The maximum Gasteiger partial charge on any atom is 0.282 e. The predicted octanol–water partition coefficient (Wildman–Crippen LogP) is 1.90. The molecule has 0 unspecified atom stereocenters. The van der Waals surface area contributed by atoms with Crippen LogP contribution in [0.3, 0.4) is 0 Å². The molecule has 1 amide bonds. The van der Waals surface area contributed by atoms with Gasteiger partial charge in [-0.2, -0.15) is 17.0 Å². The lowest BCUT2D eigenvalue weighted by molar-refractivity contribution is -0.121. The van der Waals surface area contributed by atoms with Crippen molar-refractivity contribution in [2.24, 2.45) is 0 Å². The minimum Gasteiger partial charge on any atom is -0.352 e. The summed E-state index contributed by atoms with van der Waals surface area (Å²) in [5.74, 6) is -0.736. The van der Waals surface area contributed by atoms with Gasteiger partial charge in [0, 0.05) is 30.7 Å². The molecule has 1 aliphatic carbocycles. The number of hydrogen-bond donors (Lipinski definition) is 1. The predicted molar refractivity (Wildman–Crippen MR) is 92.7 cm³/mol. The molecule has 0 bridgehead atoms. The van der Waals surface area contributed by atoms with Crippen molar-refractivity contribution in [3.63, 3.8) is 0 Å². The zero-order valence-electron chi connectivity index (χ0n) is 13.7. The van der Waals surface area contributed by atoms with Gasteiger partial charge in [-0.1, -0.05) is 30.5 Å². The molecule has 1 heterocycles. The Bertz CT molecular complexity index is 753. The van der Waals surface area contributed by atoms with Gasteiger partial charge in [0.05, 0.1) is 6.54 Å². The summed E-state index contributed by atoms with van der Waals surface area (Å²) in [5, 5.41) is 3.08. The number of hydrogen-bond acceptors (Lipinski definition) is 3. The zero-order valence-corrected chi connectivity index (χ0v) is 15.3. The number of carbonyl (C=O) groups excluding carboxylic acids is 1. The molecule has 2 aliphatic rings. The van der Waals surface area contributed by atoms with Crippen molar-refractivity contribution in [2.45, 2.75) is 38.3 Å². The second kappa shape index (κ2) is 7.57. The van der Waals surface area contributed by atoms with Gasteiger partial charge in [0.15, 0.2) is 0 Å². The molecule has 0 radical (unpaired) electrons. The number of nitrogens with zero attached hydrogens (tertiary/aromatic N) is 2. The van der Waals surface area contributed by atoms with Gasteiger partial charge in [0.1, 0.15) is 5.82 Å². The first kappa shape index (κ1) is 18.6. The van der Waals surface area contributed by atoms with Crippen molar-refractivity contribution in [1.29, 1.82) is 0 Å². The first-order valence-electron chi connectivity index (χ1n) is 8.35. The van der Waals surface area contributed by atoms with E-state index in [0.29, 0.717) is 5.56 Å². The first-order valence-corrected chi connectivity index (χ1v) is 10.1. The molecule has 1 N–H and O–H groups in total. The van der Waals surface area contributed by atoms with E-state index in [2.05, 4.69) is 5.32 Å². The minimum atomic E-state index is -3.73. The molecule has 3 rings (SSSR count). The number of nitrogens with one attached hydrogen (secondary N) is 1. The van der Waals surface area contributed by atoms with Gasteiger partial charge in [0.2, 0.25) is 5.91 Å². The van der Waals surface area contributed by atoms with Crippen LogP contribution in [0, 0.1) is 5.82 Å². The van der Waals surface area contributed by atoms with Crippen LogP contribution in [-0.2, 0) is 21.5 Å². The SMILES string of the molecule is O=C(CN1CCN(Cc2ccc(F)cc2Cl)S1(=O)=O)NC1CCCC1. The average molecular weight is 390 g/mol. The summed E-state index contributed by atoms with van der Waals surface area (Å²) in [4.78, 5) is 12.1. The van der Waals surface area contributed by atoms with Crippen LogP contribution in [0.2, 0.25) is 5.02 Å². The molecule has 138 valence electrons. The molecule has 1 aliphatic heterocycles. The molecule has 2 fully saturated rings. The minimum absolute atomic E-state index is 0.0577. The Balaban J connectivity index is 1.62. The van der Waals surface area contributed by atoms with Crippen LogP contribution < -0.4 is 5.32 Å². The van der Waals surface area contributed by atoms with E-state index in [4.69, 9.17) is 11.6 Å². The second-order valence-corrected chi connectivity index (χ2v) is 8.80. The van der Waals surface area contributed by atoms with E-state index in [1.807, 2.05) is 0 Å². The Labute approximate surface area is 152 Å². The smallest absolute Gasteiger partial charge is 0.282 e. The van der Waals surface area contributed by atoms with Crippen molar-refractivity contribution < 1.29 is 17.6 Å². The van der Waals surface area contributed by atoms with Gasteiger partial charge in [-0.15, -0.1) is 0 Å². The van der Waals surface area contributed by atoms with Crippen LogP contribution in [-0.4, -0.2) is 48.6 Å². The molecule has 0 aromatic heterocycles. The summed E-state index contributed by atoms with van der Waals surface area (Å²) in [6.07, 6.45) is 4.10. The normalized spacial score (nSPS) is 21.7. The van der Waals surface area contributed by atoms with Crippen molar-refractivity contribution in [1.82, 2.24) is 13.9 Å². The second-order valence-electron chi connectivity index (χ2n) is 6.46. The van der Waals surface area contributed by atoms with E-state index in [1.54, 1.807) is 0 Å². The number of carbonyl (C=O) groups is 1. The van der Waals surface area contributed by atoms with Crippen molar-refractivity contribution in [3.8, 4) is 0 Å². The number of amides is 1. The van der Waals surface area contributed by atoms with E-state index < -0.39 is 16.0 Å². The van der Waals surface area contributed by atoms with Gasteiger partial charge in [0.25, 0.3) is 10.2 Å². The van der Waals surface area contributed by atoms with Crippen LogP contribution in [0.1, 0.15) is 31.2 Å². The lowest BCUT2D eigenvalue weighted by atomic mass is 10.2. The van der Waals surface area contributed by atoms with Gasteiger partial charge in [-0.3, -0.25) is 4.79 Å². The highest BCUT2D eigenvalue weighted by molar-refractivity contribution is 7.87. The summed E-state index contributed by atoms with van der Waals surface area (Å²) in [7, 11) is -3.73. The third-order valence-corrected chi connectivity index (χ3v) is 6.93. The quantitative estimate of drug-likeness (QED) is 0.836. The van der Waals surface area contributed by atoms with Crippen molar-refractivity contribution >= 4 is 27.7 Å². The fourth-order valence-corrected chi connectivity index (χ4v) is 5.04. The number of halogens is 2. The van der Waals surface area contributed by atoms with Gasteiger partial charge >= 0.3 is 0 Å². The van der Waals surface area contributed by atoms with E-state index in [0.717, 1.165) is 31.7 Å². The summed E-state index contributed by atoms with van der Waals surface area (Å²) in [6, 6.07) is 4.04. The molecule has 6 nitrogen and oxygen atoms in total. The Morgan fingerprint density at radius 3 is 2.60 bits per heavy atom. The molecule has 0 atom stereocenters. The molecule has 25 heavy (non-hydrogen) atoms. The summed E-state index contributed by atoms with van der Waals surface area (Å²) in [5.41, 5.74) is 0.531. The Morgan fingerprint density at radius 1 is 1.24 bits per heavy atom. The average Bonchev–Trinajstić information content (AvgIpc) is 3.12. The highest BCUT2D eigenvalue weighted by Gasteiger charge is 2.38. The molecule has 1 saturated heterocycles. The molecule has 9 heteroatoms. The van der Waals surface area contributed by atoms with Crippen LogP contribution in [0.4, 0.5) is 4.39 Å². The van der Waals surface area contributed by atoms with Gasteiger partial charge in [-0.25, -0.2) is 4.39 Å². The van der Waals surface area contributed by atoms with Crippen LogP contribution in [0.25, 0.3) is 0 Å².